The van der Waals surface area contributed by atoms with Crippen LogP contribution in [0.1, 0.15) is 19.4 Å². The van der Waals surface area contributed by atoms with Crippen LogP contribution in [0.3, 0.4) is 0 Å². The molecular weight excluding hydrogens is 773 g/mol. The Hall–Kier alpha value is -8.20. The molecular formula is C62H46N2. The largest absolute Gasteiger partial charge is 0.309 e. The van der Waals surface area contributed by atoms with Crippen LogP contribution in [0.5, 0.6) is 0 Å². The Bertz CT molecular complexity index is 3520. The molecule has 9 aromatic carbocycles. The highest BCUT2D eigenvalue weighted by molar-refractivity contribution is 6.13. The number of allylic oxidation sites excluding steroid dienone is 5. The maximum absolute atomic E-state index is 4.10. The Morgan fingerprint density at radius 3 is 1.12 bits per heavy atom. The van der Waals surface area contributed by atoms with Gasteiger partial charge in [0.05, 0.1) is 22.1 Å². The summed E-state index contributed by atoms with van der Waals surface area (Å²) in [6.45, 7) is 8.30. The second-order valence-corrected chi connectivity index (χ2v) is 16.6. The lowest BCUT2D eigenvalue weighted by molar-refractivity contribution is 1.17. The van der Waals surface area contributed by atoms with Crippen molar-refractivity contribution in [3.8, 4) is 55.9 Å². The molecule has 0 N–H and O–H groups in total. The lowest BCUT2D eigenvalue weighted by Crippen LogP contribution is -1.96. The summed E-state index contributed by atoms with van der Waals surface area (Å²) in [7, 11) is 0. The van der Waals surface area contributed by atoms with Crippen molar-refractivity contribution in [2.75, 3.05) is 0 Å². The molecule has 0 saturated carbocycles. The SMILES string of the molecule is C=C/C(C)=C(\C=C/C)c1ccc2c(c1)c1cc(-c3ccccc3)ccc1n2-c1cccc(-c2cccc(-n3c4ccc(-c5ccccc5)cc4c4cc(-c5ccccc5)ccc43)c2)c1. The molecule has 304 valence electrons. The molecule has 64 heavy (non-hydrogen) atoms. The molecule has 0 atom stereocenters. The Morgan fingerprint density at radius 1 is 0.375 bits per heavy atom. The van der Waals surface area contributed by atoms with Gasteiger partial charge in [-0.05, 0) is 148 Å². The van der Waals surface area contributed by atoms with Gasteiger partial charge >= 0.3 is 0 Å². The van der Waals surface area contributed by atoms with E-state index in [1.807, 2.05) is 6.08 Å². The molecule has 0 fully saturated rings. The Balaban J connectivity index is 1.06. The number of hydrogen-bond donors (Lipinski definition) is 0. The van der Waals surface area contributed by atoms with Crippen molar-refractivity contribution in [2.24, 2.45) is 0 Å². The summed E-state index contributed by atoms with van der Waals surface area (Å²) < 4.78 is 4.86. The lowest BCUT2D eigenvalue weighted by Gasteiger charge is -2.13. The zero-order valence-corrected chi connectivity index (χ0v) is 36.0. The van der Waals surface area contributed by atoms with Crippen LogP contribution in [0.4, 0.5) is 0 Å². The molecule has 0 aliphatic heterocycles. The summed E-state index contributed by atoms with van der Waals surface area (Å²) in [4.78, 5) is 0. The fraction of sp³-hybridized carbons (Fsp3) is 0.0323. The van der Waals surface area contributed by atoms with Gasteiger partial charge < -0.3 is 9.13 Å². The summed E-state index contributed by atoms with van der Waals surface area (Å²) in [5.41, 5.74) is 20.0. The maximum atomic E-state index is 4.10. The zero-order chi connectivity index (χ0) is 43.1. The number of benzene rings is 9. The van der Waals surface area contributed by atoms with E-state index in [-0.39, 0.29) is 0 Å². The number of rotatable bonds is 9. The van der Waals surface area contributed by atoms with Gasteiger partial charge in [0.1, 0.15) is 0 Å². The fourth-order valence-electron chi connectivity index (χ4n) is 9.58. The van der Waals surface area contributed by atoms with Crippen LogP contribution >= 0.6 is 0 Å². The number of fused-ring (bicyclic) bond motifs is 6. The average molecular weight is 819 g/mol. The van der Waals surface area contributed by atoms with E-state index in [2.05, 4.69) is 254 Å². The maximum Gasteiger partial charge on any atom is 0.0541 e. The molecule has 0 saturated heterocycles. The Kier molecular flexibility index (Phi) is 9.83. The summed E-state index contributed by atoms with van der Waals surface area (Å²) in [5.74, 6) is 0. The highest BCUT2D eigenvalue weighted by Crippen LogP contribution is 2.40. The number of aromatic nitrogens is 2. The van der Waals surface area contributed by atoms with Crippen molar-refractivity contribution >= 4 is 49.2 Å². The van der Waals surface area contributed by atoms with Gasteiger partial charge in [0, 0.05) is 32.9 Å². The third-order valence-electron chi connectivity index (χ3n) is 12.8. The van der Waals surface area contributed by atoms with Crippen LogP contribution in [0, 0.1) is 0 Å². The van der Waals surface area contributed by atoms with Gasteiger partial charge in [-0.25, -0.2) is 0 Å². The van der Waals surface area contributed by atoms with Gasteiger partial charge in [-0.2, -0.15) is 0 Å². The van der Waals surface area contributed by atoms with Gasteiger partial charge in [0.25, 0.3) is 0 Å². The fourth-order valence-corrected chi connectivity index (χ4v) is 9.58. The van der Waals surface area contributed by atoms with Crippen molar-refractivity contribution < 1.29 is 0 Å². The van der Waals surface area contributed by atoms with E-state index in [1.165, 1.54) is 88.1 Å². The molecule has 11 aromatic rings. The van der Waals surface area contributed by atoms with Crippen molar-refractivity contribution in [3.05, 3.63) is 248 Å². The second-order valence-electron chi connectivity index (χ2n) is 16.6. The summed E-state index contributed by atoms with van der Waals surface area (Å²) >= 11 is 0. The quantitative estimate of drug-likeness (QED) is 0.128. The molecule has 0 aliphatic carbocycles. The van der Waals surface area contributed by atoms with Crippen LogP contribution in [0.25, 0.3) is 105 Å². The minimum absolute atomic E-state index is 1.12. The molecule has 0 spiro atoms. The molecule has 2 aromatic heterocycles. The molecule has 0 bridgehead atoms. The van der Waals surface area contributed by atoms with E-state index in [0.29, 0.717) is 0 Å². The second kappa shape index (κ2) is 16.2. The lowest BCUT2D eigenvalue weighted by atomic mass is 9.97. The van der Waals surface area contributed by atoms with Crippen LogP contribution in [0.15, 0.2) is 243 Å². The van der Waals surface area contributed by atoms with E-state index < -0.39 is 0 Å². The van der Waals surface area contributed by atoms with Crippen LogP contribution in [-0.4, -0.2) is 9.13 Å². The van der Waals surface area contributed by atoms with Crippen molar-refractivity contribution in [2.45, 2.75) is 13.8 Å². The van der Waals surface area contributed by atoms with E-state index in [0.717, 1.165) is 28.1 Å². The van der Waals surface area contributed by atoms with Gasteiger partial charge in [-0.3, -0.25) is 0 Å². The summed E-state index contributed by atoms with van der Waals surface area (Å²) in [5, 5.41) is 4.91. The van der Waals surface area contributed by atoms with Gasteiger partial charge in [-0.15, -0.1) is 0 Å². The van der Waals surface area contributed by atoms with E-state index in [1.54, 1.807) is 0 Å². The Morgan fingerprint density at radius 2 is 0.734 bits per heavy atom. The average Bonchev–Trinajstić information content (AvgIpc) is 3.87. The molecule has 2 heteroatoms. The first-order valence-electron chi connectivity index (χ1n) is 22.1. The van der Waals surface area contributed by atoms with Crippen molar-refractivity contribution in [1.29, 1.82) is 0 Å². The van der Waals surface area contributed by atoms with E-state index >= 15 is 0 Å². The van der Waals surface area contributed by atoms with Crippen LogP contribution in [-0.2, 0) is 0 Å². The number of hydrogen-bond acceptors (Lipinski definition) is 0. The third-order valence-corrected chi connectivity index (χ3v) is 12.8. The molecule has 11 rings (SSSR count). The predicted molar refractivity (Wildman–Crippen MR) is 274 cm³/mol. The molecule has 0 radical (unpaired) electrons. The third kappa shape index (κ3) is 6.77. The zero-order valence-electron chi connectivity index (χ0n) is 36.0. The highest BCUT2D eigenvalue weighted by Gasteiger charge is 2.18. The monoisotopic (exact) mass is 818 g/mol. The number of nitrogens with zero attached hydrogens (tertiary/aromatic N) is 2. The van der Waals surface area contributed by atoms with Crippen molar-refractivity contribution in [1.82, 2.24) is 9.13 Å². The van der Waals surface area contributed by atoms with Crippen molar-refractivity contribution in [3.63, 3.8) is 0 Å². The first-order chi connectivity index (χ1) is 31.6. The highest BCUT2D eigenvalue weighted by atomic mass is 15.0. The molecule has 2 nitrogen and oxygen atoms in total. The van der Waals surface area contributed by atoms with E-state index in [4.69, 9.17) is 0 Å². The minimum atomic E-state index is 1.12. The van der Waals surface area contributed by atoms with Gasteiger partial charge in [0.2, 0.25) is 0 Å². The molecule has 0 unspecified atom stereocenters. The molecule has 2 heterocycles. The van der Waals surface area contributed by atoms with Crippen LogP contribution < -0.4 is 0 Å². The first kappa shape index (κ1) is 38.7. The summed E-state index contributed by atoms with van der Waals surface area (Å²) in [6, 6.07) is 77.7. The summed E-state index contributed by atoms with van der Waals surface area (Å²) in [6.07, 6.45) is 6.24. The Labute approximate surface area is 374 Å². The standard InChI is InChI=1S/C62H46N2/c1-4-17-54(42(3)5-2)51-31-35-62-58(41-51)57-40-50(45-22-13-8-14-23-45)30-34-61(57)64(62)53-27-16-25-47(37-53)46-24-15-26-52(36-46)63-59-32-28-48(43-18-9-6-10-19-43)38-55(59)56-39-49(29-33-60(56)63)44-20-11-7-12-21-44/h4-41H,2H2,1,3H3/b17-4-,54-42+. The minimum Gasteiger partial charge on any atom is -0.309 e. The smallest absolute Gasteiger partial charge is 0.0541 e. The topological polar surface area (TPSA) is 9.86 Å². The van der Waals surface area contributed by atoms with E-state index in [9.17, 15) is 0 Å². The van der Waals surface area contributed by atoms with Crippen LogP contribution in [0.2, 0.25) is 0 Å². The van der Waals surface area contributed by atoms with Gasteiger partial charge in [0.15, 0.2) is 0 Å². The first-order valence-corrected chi connectivity index (χ1v) is 22.1. The molecule has 0 amide bonds. The normalized spacial score (nSPS) is 12.2. The predicted octanol–water partition coefficient (Wildman–Crippen LogP) is 17.1. The molecule has 0 aliphatic rings. The van der Waals surface area contributed by atoms with Gasteiger partial charge in [-0.1, -0.05) is 164 Å².